The van der Waals surface area contributed by atoms with E-state index in [1.165, 1.54) is 0 Å². The van der Waals surface area contributed by atoms with Crippen molar-refractivity contribution < 1.29 is 21.9 Å². The molecule has 0 aromatic heterocycles. The van der Waals surface area contributed by atoms with Crippen molar-refractivity contribution in [2.75, 3.05) is 0 Å². The zero-order valence-corrected chi connectivity index (χ0v) is 4.42. The molecule has 0 fully saturated rings. The van der Waals surface area contributed by atoms with Gasteiger partial charge in [0.25, 0.3) is 0 Å². The molecule has 0 aliphatic carbocycles. The molecule has 0 saturated heterocycles. The van der Waals surface area contributed by atoms with E-state index in [9.17, 15) is 17.8 Å². The molecule has 0 saturated carbocycles. The van der Waals surface area contributed by atoms with Crippen LogP contribution in [-0.2, 0) is 0 Å². The topological polar surface area (TPSA) is 23.1 Å². The van der Waals surface area contributed by atoms with Crippen LogP contribution in [-0.4, -0.2) is 13.3 Å². The minimum absolute atomic E-state index is 8.09. The van der Waals surface area contributed by atoms with E-state index in [1.807, 2.05) is 0 Å². The maximum absolute atomic E-state index is 10.7. The van der Waals surface area contributed by atoms with Gasteiger partial charge in [-0.1, -0.05) is 0 Å². The average molecular weight is 190 g/mol. The molecule has 7 heteroatoms. The molecule has 0 unspecified atom stereocenters. The third-order valence-corrected chi connectivity index (χ3v) is 0. The SMILES string of the molecule is [O-][Se](F)(F)(F)(F)F. The van der Waals surface area contributed by atoms with Crippen molar-refractivity contribution in [3.63, 3.8) is 0 Å². The molecule has 0 heterocycles. The first-order valence-electron chi connectivity index (χ1n) is 0.938. The van der Waals surface area contributed by atoms with E-state index in [-0.39, 0.29) is 0 Å². The molecule has 0 amide bonds. The van der Waals surface area contributed by atoms with Crippen LogP contribution in [0, 0.1) is 0 Å². The Labute approximate surface area is 36.3 Å². The molecule has 0 atom stereocenters. The van der Waals surface area contributed by atoms with Gasteiger partial charge < -0.3 is 0 Å². The second kappa shape index (κ2) is 0.705. The fourth-order valence-corrected chi connectivity index (χ4v) is 0. The first-order chi connectivity index (χ1) is 2.45. The first-order valence-corrected chi connectivity index (χ1v) is 4.87. The molecule has 0 aliphatic heterocycles. The molecule has 0 aliphatic rings. The second-order valence-electron chi connectivity index (χ2n) is 0.898. The van der Waals surface area contributed by atoms with Gasteiger partial charge in [-0.05, 0) is 0 Å². The van der Waals surface area contributed by atoms with Crippen LogP contribution in [0.5, 0.6) is 0 Å². The van der Waals surface area contributed by atoms with Crippen molar-refractivity contribution in [2.45, 2.75) is 0 Å². The summed E-state index contributed by atoms with van der Waals surface area (Å²) < 4.78 is 58.1. The summed E-state index contributed by atoms with van der Waals surface area (Å²) in [4.78, 5) is 0. The Kier molecular flexibility index (Phi) is 0.718. The van der Waals surface area contributed by atoms with Crippen molar-refractivity contribution in [3.05, 3.63) is 0 Å². The van der Waals surface area contributed by atoms with E-state index >= 15 is 0 Å². The number of hydrogen-bond donors (Lipinski definition) is 0. The van der Waals surface area contributed by atoms with Crippen molar-refractivity contribution in [3.8, 4) is 0 Å². The van der Waals surface area contributed by atoms with Crippen LogP contribution in [0.2, 0.25) is 0 Å². The second-order valence-corrected chi connectivity index (χ2v) is 4.67. The Morgan fingerprint density at radius 3 is 0.857 bits per heavy atom. The summed E-state index contributed by atoms with van der Waals surface area (Å²) >= 11 is -10.7. The molecule has 0 aromatic rings. The molecule has 1 nitrogen and oxygen atoms in total. The van der Waals surface area contributed by atoms with E-state index in [2.05, 4.69) is 0 Å². The summed E-state index contributed by atoms with van der Waals surface area (Å²) in [5.74, 6) is 0. The Hall–Kier alpha value is 0.129. The van der Waals surface area contributed by atoms with Crippen molar-refractivity contribution in [1.29, 1.82) is 0 Å². The summed E-state index contributed by atoms with van der Waals surface area (Å²) in [5, 5.41) is 0. The van der Waals surface area contributed by atoms with E-state index in [1.54, 1.807) is 0 Å². The van der Waals surface area contributed by atoms with Gasteiger partial charge in [-0.15, -0.1) is 0 Å². The van der Waals surface area contributed by atoms with Crippen LogP contribution in [0.3, 0.4) is 0 Å². The maximum atomic E-state index is 10.0. The van der Waals surface area contributed by atoms with Crippen molar-refractivity contribution in [1.82, 2.24) is 0 Å². The molecule has 0 rings (SSSR count). The van der Waals surface area contributed by atoms with Gasteiger partial charge in [-0.25, -0.2) is 0 Å². The fourth-order valence-electron chi connectivity index (χ4n) is 0. The van der Waals surface area contributed by atoms with Crippen molar-refractivity contribution in [2.24, 2.45) is 0 Å². The summed E-state index contributed by atoms with van der Waals surface area (Å²) in [5.41, 5.74) is 0. The molecular formula is F5OSe-. The molecular weight excluding hydrogens is 190 g/mol. The summed E-state index contributed by atoms with van der Waals surface area (Å²) in [6.45, 7) is 0. The molecule has 0 aromatic carbocycles. The molecule has 0 radical (unpaired) electrons. The third kappa shape index (κ3) is 6230. The van der Waals surface area contributed by atoms with Gasteiger partial charge >= 0.3 is 35.3 Å². The fraction of sp³-hybridized carbons (Fsp3) is 0. The quantitative estimate of drug-likeness (QED) is 0.403. The zero-order valence-electron chi connectivity index (χ0n) is 2.71. The van der Waals surface area contributed by atoms with Gasteiger partial charge in [0.15, 0.2) is 0 Å². The third-order valence-electron chi connectivity index (χ3n) is 0. The van der Waals surface area contributed by atoms with Gasteiger partial charge in [-0.2, -0.15) is 0 Å². The van der Waals surface area contributed by atoms with Gasteiger partial charge in [0.05, 0.1) is 0 Å². The predicted octanol–water partition coefficient (Wildman–Crippen LogP) is 0.531. The first kappa shape index (κ1) is 7.13. The summed E-state index contributed by atoms with van der Waals surface area (Å²) in [6.07, 6.45) is 0. The Bertz CT molecular complexity index is 66.6. The van der Waals surface area contributed by atoms with Gasteiger partial charge in [0.1, 0.15) is 0 Å². The van der Waals surface area contributed by atoms with Crippen LogP contribution in [0.15, 0.2) is 0 Å². The zero-order chi connectivity index (χ0) is 6.41. The summed E-state index contributed by atoms with van der Waals surface area (Å²) in [6, 6.07) is 0. The molecule has 7 heavy (non-hydrogen) atoms. The Morgan fingerprint density at radius 2 is 0.857 bits per heavy atom. The number of halogens is 5. The minimum atomic E-state index is -10.7. The van der Waals surface area contributed by atoms with Crippen LogP contribution in [0.4, 0.5) is 17.8 Å². The Morgan fingerprint density at radius 1 is 0.857 bits per heavy atom. The van der Waals surface area contributed by atoms with E-state index in [0.29, 0.717) is 0 Å². The van der Waals surface area contributed by atoms with Crippen molar-refractivity contribution >= 4 is 13.3 Å². The van der Waals surface area contributed by atoms with E-state index in [4.69, 9.17) is 4.19 Å². The standard InChI is InChI=1S/F5HOSe/c1-7(2,3,4,5)6/h6H/p-1. The van der Waals surface area contributed by atoms with Crippen LogP contribution < -0.4 is 4.19 Å². The van der Waals surface area contributed by atoms with Crippen LogP contribution in [0.25, 0.3) is 0 Å². The monoisotopic (exact) mass is 191 g/mol. The number of rotatable bonds is 0. The predicted molar refractivity (Wildman–Crippen MR) is 11.3 cm³/mol. The van der Waals surface area contributed by atoms with Crippen LogP contribution in [0.1, 0.15) is 0 Å². The molecule has 48 valence electrons. The summed E-state index contributed by atoms with van der Waals surface area (Å²) in [7, 11) is 0. The van der Waals surface area contributed by atoms with Crippen LogP contribution >= 0.6 is 0 Å². The van der Waals surface area contributed by atoms with Gasteiger partial charge in [-0.3, -0.25) is 0 Å². The molecule has 0 N–H and O–H groups in total. The molecule has 0 spiro atoms. The number of hydrogen-bond acceptors (Lipinski definition) is 1. The van der Waals surface area contributed by atoms with E-state index < -0.39 is 13.3 Å². The average Bonchev–Trinajstić information content (AvgIpc) is 0.592. The Balaban J connectivity index is 4.43. The normalized spacial score (nSPS) is 23.1. The van der Waals surface area contributed by atoms with E-state index in [0.717, 1.165) is 0 Å². The van der Waals surface area contributed by atoms with Gasteiger partial charge in [0.2, 0.25) is 0 Å². The van der Waals surface area contributed by atoms with Gasteiger partial charge in [0, 0.05) is 0 Å². The molecule has 0 bridgehead atoms.